The summed E-state index contributed by atoms with van der Waals surface area (Å²) >= 11 is 0. The minimum Gasteiger partial charge on any atom is -0.337 e. The van der Waals surface area contributed by atoms with Crippen molar-refractivity contribution >= 4 is 5.91 Å². The highest BCUT2D eigenvalue weighted by molar-refractivity contribution is 5.82. The fourth-order valence-electron chi connectivity index (χ4n) is 3.28. The average Bonchev–Trinajstić information content (AvgIpc) is 2.54. The average molecular weight is 317 g/mol. The smallest absolute Gasteiger partial charge is 0.240 e. The molecule has 1 aliphatic rings. The summed E-state index contributed by atoms with van der Waals surface area (Å²) in [4.78, 5) is 17.0. The van der Waals surface area contributed by atoms with E-state index in [4.69, 9.17) is 5.73 Å². The molecule has 0 bridgehead atoms. The first-order chi connectivity index (χ1) is 11.0. The zero-order chi connectivity index (χ0) is 16.8. The lowest BCUT2D eigenvalue weighted by Gasteiger charge is -2.39. The van der Waals surface area contributed by atoms with E-state index in [1.165, 1.54) is 12.0 Å². The van der Waals surface area contributed by atoms with Crippen molar-refractivity contribution < 1.29 is 4.79 Å². The van der Waals surface area contributed by atoms with E-state index in [1.54, 1.807) is 0 Å². The number of hydrogen-bond donors (Lipinski definition) is 1. The molecule has 0 aromatic heterocycles. The number of carbonyl (C=O) groups is 1. The van der Waals surface area contributed by atoms with E-state index in [0.29, 0.717) is 0 Å². The van der Waals surface area contributed by atoms with Gasteiger partial charge < -0.3 is 15.5 Å². The zero-order valence-corrected chi connectivity index (χ0v) is 14.7. The second-order valence-electron chi connectivity index (χ2n) is 7.13. The van der Waals surface area contributed by atoms with E-state index in [-0.39, 0.29) is 23.9 Å². The molecule has 1 amide bonds. The number of carbonyl (C=O) groups excluding carboxylic acids is 1. The molecule has 4 heteroatoms. The maximum absolute atomic E-state index is 12.7. The van der Waals surface area contributed by atoms with Crippen LogP contribution in [0.3, 0.4) is 0 Å². The molecule has 2 atom stereocenters. The number of nitrogens with two attached hydrogens (primary N) is 1. The van der Waals surface area contributed by atoms with Crippen LogP contribution in [-0.4, -0.2) is 47.9 Å². The molecule has 1 fully saturated rings. The fraction of sp³-hybridized carbons (Fsp3) is 0.632. The first-order valence-electron chi connectivity index (χ1n) is 8.77. The minimum atomic E-state index is -0.380. The Kier molecular flexibility index (Phi) is 6.60. The highest BCUT2D eigenvalue weighted by atomic mass is 16.2. The van der Waals surface area contributed by atoms with E-state index >= 15 is 0 Å². The third kappa shape index (κ3) is 5.05. The molecule has 2 rings (SSSR count). The standard InChI is InChI=1S/C19H31N3O/c1-15(2)18(20)19(23)22-12-8-7-11-17(22)14-21(3)13-16-9-5-4-6-10-16/h4-6,9-10,15,17-18H,7-8,11-14,20H2,1-3H3/t17-,18+/m1/s1. The van der Waals surface area contributed by atoms with Crippen LogP contribution in [-0.2, 0) is 11.3 Å². The Hall–Kier alpha value is -1.39. The maximum Gasteiger partial charge on any atom is 0.240 e. The van der Waals surface area contributed by atoms with Gasteiger partial charge in [-0.2, -0.15) is 0 Å². The van der Waals surface area contributed by atoms with Crippen LogP contribution in [0.25, 0.3) is 0 Å². The van der Waals surface area contributed by atoms with Gasteiger partial charge in [0.2, 0.25) is 5.91 Å². The molecule has 0 spiro atoms. The Bertz CT molecular complexity index is 489. The van der Waals surface area contributed by atoms with Gasteiger partial charge >= 0.3 is 0 Å². The number of hydrogen-bond acceptors (Lipinski definition) is 3. The lowest BCUT2D eigenvalue weighted by Crippen LogP contribution is -2.55. The van der Waals surface area contributed by atoms with Crippen molar-refractivity contribution in [2.75, 3.05) is 20.1 Å². The van der Waals surface area contributed by atoms with Crippen molar-refractivity contribution in [1.82, 2.24) is 9.80 Å². The Morgan fingerprint density at radius 2 is 2.00 bits per heavy atom. The van der Waals surface area contributed by atoms with Gasteiger partial charge in [0.25, 0.3) is 0 Å². The third-order valence-electron chi connectivity index (χ3n) is 4.73. The van der Waals surface area contributed by atoms with Gasteiger partial charge in [-0.25, -0.2) is 0 Å². The monoisotopic (exact) mass is 317 g/mol. The normalized spacial score (nSPS) is 20.1. The van der Waals surface area contributed by atoms with Crippen LogP contribution in [0.4, 0.5) is 0 Å². The van der Waals surface area contributed by atoms with Crippen LogP contribution in [0, 0.1) is 5.92 Å². The van der Waals surface area contributed by atoms with Gasteiger partial charge in [0.1, 0.15) is 0 Å². The van der Waals surface area contributed by atoms with Crippen LogP contribution < -0.4 is 5.73 Å². The molecule has 2 N–H and O–H groups in total. The first-order valence-corrected chi connectivity index (χ1v) is 8.77. The van der Waals surface area contributed by atoms with E-state index in [1.807, 2.05) is 24.8 Å². The number of piperidine rings is 1. The van der Waals surface area contributed by atoms with E-state index in [2.05, 4.69) is 36.2 Å². The molecule has 1 saturated heterocycles. The van der Waals surface area contributed by atoms with E-state index in [9.17, 15) is 4.79 Å². The van der Waals surface area contributed by atoms with Gasteiger partial charge in [-0.05, 0) is 37.8 Å². The van der Waals surface area contributed by atoms with Crippen molar-refractivity contribution in [3.63, 3.8) is 0 Å². The highest BCUT2D eigenvalue weighted by Crippen LogP contribution is 2.20. The Morgan fingerprint density at radius 3 is 2.65 bits per heavy atom. The Balaban J connectivity index is 1.96. The largest absolute Gasteiger partial charge is 0.337 e. The number of nitrogens with zero attached hydrogens (tertiary/aromatic N) is 2. The maximum atomic E-state index is 12.7. The molecule has 1 aromatic carbocycles. The summed E-state index contributed by atoms with van der Waals surface area (Å²) in [6.45, 7) is 6.70. The summed E-state index contributed by atoms with van der Waals surface area (Å²) in [5.41, 5.74) is 7.41. The van der Waals surface area contributed by atoms with E-state index in [0.717, 1.165) is 32.5 Å². The first kappa shape index (κ1) is 18.0. The van der Waals surface area contributed by atoms with Gasteiger partial charge in [0.15, 0.2) is 0 Å². The Labute approximate surface area is 140 Å². The fourth-order valence-corrected chi connectivity index (χ4v) is 3.28. The summed E-state index contributed by atoms with van der Waals surface area (Å²) in [5.74, 6) is 0.310. The van der Waals surface area contributed by atoms with Crippen LogP contribution >= 0.6 is 0 Å². The van der Waals surface area contributed by atoms with Gasteiger partial charge in [0.05, 0.1) is 6.04 Å². The number of rotatable bonds is 6. The lowest BCUT2D eigenvalue weighted by molar-refractivity contribution is -0.137. The van der Waals surface area contributed by atoms with Crippen LogP contribution in [0.1, 0.15) is 38.7 Å². The molecular formula is C19H31N3O. The van der Waals surface area contributed by atoms with Gasteiger partial charge in [0, 0.05) is 25.7 Å². The molecule has 4 nitrogen and oxygen atoms in total. The summed E-state index contributed by atoms with van der Waals surface area (Å²) in [6.07, 6.45) is 3.37. The molecule has 128 valence electrons. The van der Waals surface area contributed by atoms with Crippen molar-refractivity contribution in [1.29, 1.82) is 0 Å². The molecular weight excluding hydrogens is 286 g/mol. The topological polar surface area (TPSA) is 49.6 Å². The molecule has 0 aliphatic carbocycles. The Morgan fingerprint density at radius 1 is 1.30 bits per heavy atom. The lowest BCUT2D eigenvalue weighted by atomic mass is 9.97. The summed E-state index contributed by atoms with van der Waals surface area (Å²) in [5, 5.41) is 0. The minimum absolute atomic E-state index is 0.123. The van der Waals surface area contributed by atoms with Crippen LogP contribution in [0.5, 0.6) is 0 Å². The third-order valence-corrected chi connectivity index (χ3v) is 4.73. The zero-order valence-electron chi connectivity index (χ0n) is 14.7. The van der Waals surface area contributed by atoms with Crippen LogP contribution in [0.15, 0.2) is 30.3 Å². The van der Waals surface area contributed by atoms with Gasteiger partial charge in [-0.15, -0.1) is 0 Å². The van der Waals surface area contributed by atoms with E-state index < -0.39 is 0 Å². The summed E-state index contributed by atoms with van der Waals surface area (Å²) in [6, 6.07) is 10.4. The molecule has 0 unspecified atom stereocenters. The van der Waals surface area contributed by atoms with Gasteiger partial charge in [-0.3, -0.25) is 4.79 Å². The molecule has 0 radical (unpaired) electrons. The molecule has 1 aliphatic heterocycles. The van der Waals surface area contributed by atoms with Crippen LogP contribution in [0.2, 0.25) is 0 Å². The number of benzene rings is 1. The second kappa shape index (κ2) is 8.46. The predicted octanol–water partition coefficient (Wildman–Crippen LogP) is 2.48. The number of amides is 1. The van der Waals surface area contributed by atoms with Crippen molar-refractivity contribution in [3.8, 4) is 0 Å². The molecule has 1 aromatic rings. The number of likely N-dealkylation sites (N-methyl/N-ethyl adjacent to an activating group) is 1. The molecule has 0 saturated carbocycles. The quantitative estimate of drug-likeness (QED) is 0.877. The van der Waals surface area contributed by atoms with Crippen molar-refractivity contribution in [2.45, 2.75) is 51.7 Å². The summed E-state index contributed by atoms with van der Waals surface area (Å²) < 4.78 is 0. The number of likely N-dealkylation sites (tertiary alicyclic amines) is 1. The summed E-state index contributed by atoms with van der Waals surface area (Å²) in [7, 11) is 2.13. The van der Waals surface area contributed by atoms with Crippen molar-refractivity contribution in [2.24, 2.45) is 11.7 Å². The molecule has 23 heavy (non-hydrogen) atoms. The second-order valence-corrected chi connectivity index (χ2v) is 7.13. The molecule has 1 heterocycles. The predicted molar refractivity (Wildman–Crippen MR) is 94.9 cm³/mol. The highest BCUT2D eigenvalue weighted by Gasteiger charge is 2.31. The van der Waals surface area contributed by atoms with Gasteiger partial charge in [-0.1, -0.05) is 44.2 Å². The SMILES string of the molecule is CC(C)[C@H](N)C(=O)N1CCCC[C@@H]1CN(C)Cc1ccccc1. The van der Waals surface area contributed by atoms with Crippen molar-refractivity contribution in [3.05, 3.63) is 35.9 Å².